The molecule has 0 aliphatic carbocycles. The second-order valence-electron chi connectivity index (χ2n) is 4.95. The molecule has 1 atom stereocenters. The molecular weight excluding hydrogens is 263 g/mol. The highest BCUT2D eigenvalue weighted by Gasteiger charge is 2.11. The number of rotatable bonds is 9. The van der Waals surface area contributed by atoms with Crippen molar-refractivity contribution in [2.24, 2.45) is 5.84 Å². The fraction of sp³-hybridized carbons (Fsp3) is 0.600. The first kappa shape index (κ1) is 16.4. The molecule has 2 nitrogen and oxygen atoms in total. The molecule has 1 aromatic carbocycles. The molecule has 4 heteroatoms. The summed E-state index contributed by atoms with van der Waals surface area (Å²) in [6.07, 6.45) is 8.44. The molecule has 0 aliphatic heterocycles. The van der Waals surface area contributed by atoms with Crippen molar-refractivity contribution in [3.05, 3.63) is 34.6 Å². The van der Waals surface area contributed by atoms with E-state index in [9.17, 15) is 4.39 Å². The van der Waals surface area contributed by atoms with Crippen LogP contribution in [0.4, 0.5) is 4.39 Å². The van der Waals surface area contributed by atoms with Crippen molar-refractivity contribution in [1.82, 2.24) is 5.43 Å². The van der Waals surface area contributed by atoms with Crippen LogP contribution >= 0.6 is 11.6 Å². The summed E-state index contributed by atoms with van der Waals surface area (Å²) in [7, 11) is 0. The topological polar surface area (TPSA) is 38.0 Å². The molecule has 1 aromatic rings. The average molecular weight is 287 g/mol. The summed E-state index contributed by atoms with van der Waals surface area (Å²) in [6, 6.07) is 4.83. The first-order valence-electron chi connectivity index (χ1n) is 7.10. The summed E-state index contributed by atoms with van der Waals surface area (Å²) >= 11 is 5.79. The van der Waals surface area contributed by atoms with Gasteiger partial charge in [0.1, 0.15) is 5.82 Å². The lowest BCUT2D eigenvalue weighted by atomic mass is 10.00. The molecule has 0 saturated heterocycles. The van der Waals surface area contributed by atoms with E-state index in [-0.39, 0.29) is 16.9 Å². The molecule has 0 fully saturated rings. The standard InChI is InChI=1S/C15H24ClFN2/c1-2-3-4-5-6-7-8-15(19-18)12-9-10-14(17)13(16)11-12/h9-11,15,19H,2-8,18H2,1H3. The van der Waals surface area contributed by atoms with Gasteiger partial charge in [-0.1, -0.05) is 63.1 Å². The Morgan fingerprint density at radius 1 is 1.21 bits per heavy atom. The van der Waals surface area contributed by atoms with Crippen molar-refractivity contribution in [2.45, 2.75) is 57.9 Å². The minimum atomic E-state index is -0.388. The predicted octanol–water partition coefficient (Wildman–Crippen LogP) is 4.73. The van der Waals surface area contributed by atoms with Crippen molar-refractivity contribution in [3.63, 3.8) is 0 Å². The van der Waals surface area contributed by atoms with Crippen LogP contribution in [0.5, 0.6) is 0 Å². The van der Waals surface area contributed by atoms with E-state index in [1.54, 1.807) is 12.1 Å². The van der Waals surface area contributed by atoms with E-state index >= 15 is 0 Å². The van der Waals surface area contributed by atoms with E-state index in [0.717, 1.165) is 18.4 Å². The summed E-state index contributed by atoms with van der Waals surface area (Å²) in [6.45, 7) is 2.21. The minimum absolute atomic E-state index is 0.0456. The zero-order valence-electron chi connectivity index (χ0n) is 11.6. The normalized spacial score (nSPS) is 12.6. The van der Waals surface area contributed by atoms with E-state index in [0.29, 0.717) is 0 Å². The lowest BCUT2D eigenvalue weighted by Crippen LogP contribution is -2.28. The molecular formula is C15H24ClFN2. The second-order valence-corrected chi connectivity index (χ2v) is 5.36. The Bertz CT molecular complexity index is 371. The number of halogens is 2. The van der Waals surface area contributed by atoms with E-state index in [1.807, 2.05) is 0 Å². The zero-order chi connectivity index (χ0) is 14.1. The van der Waals surface area contributed by atoms with Gasteiger partial charge in [-0.25, -0.2) is 4.39 Å². The maximum absolute atomic E-state index is 13.1. The number of hydrogen-bond donors (Lipinski definition) is 2. The average Bonchev–Trinajstić information content (AvgIpc) is 2.41. The Hall–Kier alpha value is -0.640. The molecule has 1 unspecified atom stereocenters. The van der Waals surface area contributed by atoms with Crippen LogP contribution in [0, 0.1) is 5.82 Å². The van der Waals surface area contributed by atoms with E-state index in [1.165, 1.54) is 38.2 Å². The maximum atomic E-state index is 13.1. The molecule has 1 rings (SSSR count). The third-order valence-corrected chi connectivity index (χ3v) is 3.68. The third-order valence-electron chi connectivity index (χ3n) is 3.39. The van der Waals surface area contributed by atoms with Gasteiger partial charge in [-0.15, -0.1) is 0 Å². The van der Waals surface area contributed by atoms with Crippen molar-refractivity contribution in [3.8, 4) is 0 Å². The molecule has 0 radical (unpaired) electrons. The largest absolute Gasteiger partial charge is 0.271 e. The Kier molecular flexibility index (Phi) is 8.03. The van der Waals surface area contributed by atoms with Gasteiger partial charge in [0.25, 0.3) is 0 Å². The summed E-state index contributed by atoms with van der Waals surface area (Å²) in [4.78, 5) is 0. The highest BCUT2D eigenvalue weighted by atomic mass is 35.5. The summed E-state index contributed by atoms with van der Waals surface area (Å²) in [5.74, 6) is 5.18. The van der Waals surface area contributed by atoms with Crippen LogP contribution in [-0.4, -0.2) is 0 Å². The second kappa shape index (κ2) is 9.29. The van der Waals surface area contributed by atoms with Crippen molar-refractivity contribution >= 4 is 11.6 Å². The molecule has 0 spiro atoms. The summed E-state index contributed by atoms with van der Waals surface area (Å²) in [5, 5.41) is 0.153. The van der Waals surface area contributed by atoms with Gasteiger partial charge in [-0.3, -0.25) is 11.3 Å². The molecule has 108 valence electrons. The molecule has 0 saturated carbocycles. The van der Waals surface area contributed by atoms with Crippen LogP contribution in [-0.2, 0) is 0 Å². The number of hydrazine groups is 1. The van der Waals surface area contributed by atoms with Crippen LogP contribution in [0.3, 0.4) is 0 Å². The lowest BCUT2D eigenvalue weighted by molar-refractivity contribution is 0.476. The summed E-state index contributed by atoms with van der Waals surface area (Å²) < 4.78 is 13.1. The minimum Gasteiger partial charge on any atom is -0.271 e. The van der Waals surface area contributed by atoms with Crippen LogP contribution in [0.15, 0.2) is 18.2 Å². The van der Waals surface area contributed by atoms with Crippen molar-refractivity contribution in [2.75, 3.05) is 0 Å². The number of hydrogen-bond acceptors (Lipinski definition) is 2. The Labute approximate surface area is 120 Å². The Balaban J connectivity index is 2.38. The van der Waals surface area contributed by atoms with Crippen LogP contribution in [0.2, 0.25) is 5.02 Å². The Morgan fingerprint density at radius 2 is 1.89 bits per heavy atom. The maximum Gasteiger partial charge on any atom is 0.141 e. The number of benzene rings is 1. The third kappa shape index (κ3) is 5.89. The first-order chi connectivity index (χ1) is 9.19. The highest BCUT2D eigenvalue weighted by molar-refractivity contribution is 6.30. The van der Waals surface area contributed by atoms with Gasteiger partial charge in [0.05, 0.1) is 5.02 Å². The zero-order valence-corrected chi connectivity index (χ0v) is 12.3. The number of unbranched alkanes of at least 4 members (excludes halogenated alkanes) is 5. The van der Waals surface area contributed by atoms with Crippen LogP contribution in [0.25, 0.3) is 0 Å². The van der Waals surface area contributed by atoms with E-state index in [2.05, 4.69) is 12.3 Å². The number of nitrogens with two attached hydrogens (primary N) is 1. The SMILES string of the molecule is CCCCCCCCC(NN)c1ccc(F)c(Cl)c1. The van der Waals surface area contributed by atoms with Gasteiger partial charge in [0, 0.05) is 6.04 Å². The van der Waals surface area contributed by atoms with E-state index in [4.69, 9.17) is 17.4 Å². The smallest absolute Gasteiger partial charge is 0.141 e. The van der Waals surface area contributed by atoms with Gasteiger partial charge in [0.15, 0.2) is 0 Å². The predicted molar refractivity (Wildman–Crippen MR) is 79.5 cm³/mol. The molecule has 3 N–H and O–H groups in total. The lowest BCUT2D eigenvalue weighted by Gasteiger charge is -2.16. The summed E-state index contributed by atoms with van der Waals surface area (Å²) in [5.41, 5.74) is 3.73. The first-order valence-corrected chi connectivity index (χ1v) is 7.48. The quantitative estimate of drug-likeness (QED) is 0.391. The fourth-order valence-corrected chi connectivity index (χ4v) is 2.39. The fourth-order valence-electron chi connectivity index (χ4n) is 2.20. The van der Waals surface area contributed by atoms with Gasteiger partial charge < -0.3 is 0 Å². The van der Waals surface area contributed by atoms with E-state index < -0.39 is 0 Å². The number of nitrogens with one attached hydrogen (secondary N) is 1. The van der Waals surface area contributed by atoms with Gasteiger partial charge in [0.2, 0.25) is 0 Å². The molecule has 19 heavy (non-hydrogen) atoms. The monoisotopic (exact) mass is 286 g/mol. The molecule has 0 aromatic heterocycles. The van der Waals surface area contributed by atoms with Crippen LogP contribution in [0.1, 0.15) is 63.5 Å². The molecule has 0 heterocycles. The van der Waals surface area contributed by atoms with Crippen LogP contribution < -0.4 is 11.3 Å². The van der Waals surface area contributed by atoms with Crippen molar-refractivity contribution < 1.29 is 4.39 Å². The molecule has 0 bridgehead atoms. The molecule has 0 amide bonds. The highest BCUT2D eigenvalue weighted by Crippen LogP contribution is 2.24. The van der Waals surface area contributed by atoms with Gasteiger partial charge in [-0.05, 0) is 24.1 Å². The van der Waals surface area contributed by atoms with Gasteiger partial charge in [-0.2, -0.15) is 0 Å². The van der Waals surface area contributed by atoms with Gasteiger partial charge >= 0.3 is 0 Å². The van der Waals surface area contributed by atoms with Crippen molar-refractivity contribution in [1.29, 1.82) is 0 Å². The Morgan fingerprint density at radius 3 is 2.53 bits per heavy atom. The molecule has 0 aliphatic rings.